The molecule has 0 N–H and O–H groups in total. The molecule has 0 aliphatic heterocycles. The van der Waals surface area contributed by atoms with Gasteiger partial charge in [0.15, 0.2) is 0 Å². The van der Waals surface area contributed by atoms with E-state index in [-0.39, 0.29) is 0 Å². The highest BCUT2D eigenvalue weighted by atomic mass is 16.5. The molecule has 3 rings (SSSR count). The van der Waals surface area contributed by atoms with Gasteiger partial charge in [0, 0.05) is 46.6 Å². The first kappa shape index (κ1) is 130. The van der Waals surface area contributed by atoms with Crippen LogP contribution in [0, 0.1) is 0 Å². The molecule has 8 nitrogen and oxygen atoms in total. The van der Waals surface area contributed by atoms with E-state index in [0.29, 0.717) is 52.9 Å². The lowest BCUT2D eigenvalue weighted by atomic mass is 10.0. The molecule has 0 unspecified atom stereocenters. The predicted octanol–water partition coefficient (Wildman–Crippen LogP) is 45.4. The van der Waals surface area contributed by atoms with E-state index in [1.165, 1.54) is 539 Å². The summed E-state index contributed by atoms with van der Waals surface area (Å²) >= 11 is 0. The quantitative estimate of drug-likeness (QED) is 0.0409. The second kappa shape index (κ2) is 105. The van der Waals surface area contributed by atoms with Gasteiger partial charge in [-0.3, -0.25) is 0 Å². The van der Waals surface area contributed by atoms with Crippen molar-refractivity contribution in [2.75, 3.05) is 52.9 Å². The van der Waals surface area contributed by atoms with E-state index >= 15 is 0 Å². The molecule has 0 fully saturated rings. The van der Waals surface area contributed by atoms with E-state index in [1.807, 2.05) is 0 Å². The Morgan fingerprint density at radius 2 is 0.243 bits per heavy atom. The summed E-state index contributed by atoms with van der Waals surface area (Å²) in [4.78, 5) is 0. The first-order valence-electron chi connectivity index (χ1n) is 63.3. The molecule has 814 valence electrons. The van der Waals surface area contributed by atoms with E-state index < -0.39 is 0 Å². The molecule has 3 aromatic carbocycles. The molecule has 140 heavy (non-hydrogen) atoms. The number of hydrogen-bond donors (Lipinski definition) is 0. The third kappa shape index (κ3) is 80.0. The number of ether oxygens (including phenoxy) is 8. The zero-order valence-electron chi connectivity index (χ0n) is 95.2. The molecule has 0 aliphatic carbocycles. The fourth-order valence-electron chi connectivity index (χ4n) is 20.2. The molecule has 8 heteroatoms. The summed E-state index contributed by atoms with van der Waals surface area (Å²) in [6, 6.07) is 13.8. The Labute approximate surface area is 873 Å². The minimum atomic E-state index is 0.504. The predicted molar refractivity (Wildman–Crippen MR) is 620 cm³/mol. The summed E-state index contributed by atoms with van der Waals surface area (Å²) in [6.07, 6.45) is 130. The van der Waals surface area contributed by atoms with Crippen molar-refractivity contribution < 1.29 is 37.9 Å². The summed E-state index contributed by atoms with van der Waals surface area (Å²) in [5, 5.41) is 0. The molecule has 0 saturated carbocycles. The van der Waals surface area contributed by atoms with Crippen LogP contribution in [0.25, 0.3) is 24.3 Å². The first-order valence-corrected chi connectivity index (χ1v) is 63.3. The molecule has 0 heterocycles. The molecular weight excluding hydrogens is 1710 g/mol. The number of rotatable bonds is 114. The van der Waals surface area contributed by atoms with Gasteiger partial charge in [0.1, 0.15) is 34.5 Å². The van der Waals surface area contributed by atoms with Gasteiger partial charge in [-0.15, -0.1) is 0 Å². The monoisotopic (exact) mass is 1950 g/mol. The van der Waals surface area contributed by atoms with Crippen LogP contribution < -0.4 is 28.4 Å². The third-order valence-electron chi connectivity index (χ3n) is 29.7. The van der Waals surface area contributed by atoms with Gasteiger partial charge < -0.3 is 37.9 Å². The van der Waals surface area contributed by atoms with E-state index in [1.54, 1.807) is 0 Å². The zero-order valence-corrected chi connectivity index (χ0v) is 95.2. The highest BCUT2D eigenvalue weighted by molar-refractivity contribution is 5.81. The second-order valence-corrected chi connectivity index (χ2v) is 43.5. The molecule has 0 bridgehead atoms. The fourth-order valence-corrected chi connectivity index (χ4v) is 20.2. The highest BCUT2D eigenvalue weighted by Gasteiger charge is 2.19. The summed E-state index contributed by atoms with van der Waals surface area (Å²) in [5.74, 6) is 5.39. The lowest BCUT2D eigenvalue weighted by Crippen LogP contribution is -2.06. The molecular formula is C132H238O8. The molecule has 0 aliphatic rings. The van der Waals surface area contributed by atoms with Crippen LogP contribution in [-0.4, -0.2) is 52.9 Å². The number of hydrogen-bond acceptors (Lipinski definition) is 8. The minimum Gasteiger partial charge on any atom is -0.493 e. The van der Waals surface area contributed by atoms with Gasteiger partial charge in [-0.25, -0.2) is 0 Å². The zero-order chi connectivity index (χ0) is 99.8. The highest BCUT2D eigenvalue weighted by Crippen LogP contribution is 2.39. The van der Waals surface area contributed by atoms with Crippen molar-refractivity contribution in [1.29, 1.82) is 0 Å². The van der Waals surface area contributed by atoms with Crippen molar-refractivity contribution in [3.05, 3.63) is 69.8 Å². The van der Waals surface area contributed by atoms with Crippen molar-refractivity contribution in [3.8, 4) is 34.5 Å². The van der Waals surface area contributed by atoms with Crippen LogP contribution in [0.5, 0.6) is 34.5 Å². The summed E-state index contributed by atoms with van der Waals surface area (Å²) in [6.45, 7) is 25.1. The fraction of sp³-hybridized carbons (Fsp3) is 0.833. The molecule has 3 aromatic rings. The van der Waals surface area contributed by atoms with Crippen LogP contribution in [0.1, 0.15) is 679 Å². The molecule has 0 saturated heterocycles. The van der Waals surface area contributed by atoms with Gasteiger partial charge in [-0.2, -0.15) is 0 Å². The van der Waals surface area contributed by atoms with Crippen LogP contribution in [0.2, 0.25) is 0 Å². The molecule has 0 spiro atoms. The van der Waals surface area contributed by atoms with E-state index in [2.05, 4.69) is 116 Å². The summed E-state index contributed by atoms with van der Waals surface area (Å²) in [5.41, 5.74) is 6.25. The van der Waals surface area contributed by atoms with Crippen LogP contribution in [-0.2, 0) is 22.7 Å². The van der Waals surface area contributed by atoms with E-state index in [9.17, 15) is 0 Å². The van der Waals surface area contributed by atoms with Crippen molar-refractivity contribution in [1.82, 2.24) is 0 Å². The number of benzene rings is 3. The average Bonchev–Trinajstić information content (AvgIpc) is 0.808. The summed E-state index contributed by atoms with van der Waals surface area (Å²) < 4.78 is 56.1. The molecule has 0 atom stereocenters. The van der Waals surface area contributed by atoms with Gasteiger partial charge in [-0.05, 0) is 87.8 Å². The Balaban J connectivity index is 2.26. The van der Waals surface area contributed by atoms with Crippen molar-refractivity contribution in [3.63, 3.8) is 0 Å². The Kier molecular flexibility index (Phi) is 97.3. The normalized spacial score (nSPS) is 11.8. The van der Waals surface area contributed by atoms with Gasteiger partial charge in [-0.1, -0.05) is 619 Å². The van der Waals surface area contributed by atoms with Crippen molar-refractivity contribution in [2.45, 2.75) is 659 Å². The van der Waals surface area contributed by atoms with Crippen molar-refractivity contribution in [2.24, 2.45) is 0 Å². The van der Waals surface area contributed by atoms with E-state index in [0.717, 1.165) is 132 Å². The maximum atomic E-state index is 7.27. The van der Waals surface area contributed by atoms with Crippen LogP contribution in [0.4, 0.5) is 0 Å². The maximum Gasteiger partial charge on any atom is 0.127 e. The second-order valence-electron chi connectivity index (χ2n) is 43.5. The van der Waals surface area contributed by atoms with Gasteiger partial charge in [0.25, 0.3) is 0 Å². The first-order chi connectivity index (χ1) is 69.5. The molecule has 0 aromatic heterocycles. The van der Waals surface area contributed by atoms with Crippen LogP contribution in [0.15, 0.2) is 36.4 Å². The van der Waals surface area contributed by atoms with Gasteiger partial charge in [0.05, 0.1) is 52.9 Å². The van der Waals surface area contributed by atoms with E-state index in [4.69, 9.17) is 37.9 Å². The topological polar surface area (TPSA) is 73.8 Å². The summed E-state index contributed by atoms with van der Waals surface area (Å²) in [7, 11) is 0. The lowest BCUT2D eigenvalue weighted by molar-refractivity contribution is 0.114. The van der Waals surface area contributed by atoms with Gasteiger partial charge in [0.2, 0.25) is 0 Å². The molecule has 0 amide bonds. The third-order valence-corrected chi connectivity index (χ3v) is 29.7. The SMILES string of the molecule is CCCCCCCCCCCCCCCCOc1cc(/C=C/c2cc(OCCCCCCCCCCCCCCCC)c(COCCCCCC)cc2OCCCCCCCCCCCCCCCC)c(OCCCCCCCCCCCCCCCC)cc1/C=C/c1cc(OCCCCCCCCCCCCCCCC)c(COCCCCCC)cc1OCCCCCCCCCCCCCCCC. The van der Waals surface area contributed by atoms with Gasteiger partial charge >= 0.3 is 0 Å². The van der Waals surface area contributed by atoms with Crippen LogP contribution >= 0.6 is 0 Å². The Hall–Kier alpha value is -4.14. The average molecular weight is 1950 g/mol. The van der Waals surface area contributed by atoms with Crippen LogP contribution in [0.3, 0.4) is 0 Å². The Morgan fingerprint density at radius 3 is 0.400 bits per heavy atom. The largest absolute Gasteiger partial charge is 0.493 e. The van der Waals surface area contributed by atoms with Crippen molar-refractivity contribution >= 4 is 24.3 Å². The standard InChI is InChI=1S/C132H238O8/c1-9-17-25-33-39-45-51-57-63-69-75-81-87-95-107-135-127-113-122(102-104-124-116-132(140-112-100-92-86-80-74-68-62-56-50-44-38-30-22-14-6)126(120-134-106-94-32-24-16-8)118-130(124)138-110-98-90-84-78-72-66-60-54-48-42-36-28-20-12-4)128(136-108-96-88-82-76-70-64-58-52-46-40-34-26-18-10-2)114-121(127)101-103-123-115-131(139-111-99-91-85-79-73-67-61-55-49-43-37-29-21-13-5)125(119-133-105-93-31-23-15-7)117-129(123)137-109-97-89-83-77-71-65-59-53-47-41-35-27-19-11-3/h101-104,113-118H,9-100,105-112,119-120H2,1-8H3/b103-101+,104-102+. The Morgan fingerprint density at radius 1 is 0.129 bits per heavy atom. The lowest BCUT2D eigenvalue weighted by Gasteiger charge is -2.18. The minimum absolute atomic E-state index is 0.504. The Bertz CT molecular complexity index is 2890. The number of unbranched alkanes of at least 4 members (excludes halogenated alkanes) is 84. The maximum absolute atomic E-state index is 7.27. The molecule has 0 radical (unpaired) electrons. The smallest absolute Gasteiger partial charge is 0.127 e.